The number of hydrogen-bond acceptors (Lipinski definition) is 4. The van der Waals surface area contributed by atoms with Crippen LogP contribution >= 0.6 is 0 Å². The number of benzene rings is 4. The van der Waals surface area contributed by atoms with E-state index in [1.54, 1.807) is 12.1 Å². The van der Waals surface area contributed by atoms with E-state index in [9.17, 15) is 19.5 Å². The lowest BCUT2D eigenvalue weighted by molar-refractivity contribution is 0.0341. The highest BCUT2D eigenvalue weighted by Gasteiger charge is 2.25. The summed E-state index contributed by atoms with van der Waals surface area (Å²) in [4.78, 5) is 35.0. The van der Waals surface area contributed by atoms with Crippen LogP contribution in [0.2, 0.25) is 0 Å². The first-order valence-corrected chi connectivity index (χ1v) is 14.3. The number of carboxylic acid groups (broad SMARTS) is 2. The summed E-state index contributed by atoms with van der Waals surface area (Å²) in [5, 5.41) is 18.3. The summed E-state index contributed by atoms with van der Waals surface area (Å²) >= 11 is 0. The van der Waals surface area contributed by atoms with Gasteiger partial charge in [0.05, 0.1) is 23.3 Å². The molecule has 0 atom stereocenters. The van der Waals surface area contributed by atoms with Crippen LogP contribution in [-0.2, 0) is 24.0 Å². The molecule has 2 N–H and O–H groups in total. The molecule has 0 aliphatic heterocycles. The largest absolute Gasteiger partial charge is 0.478 e. The van der Waals surface area contributed by atoms with Crippen molar-refractivity contribution in [1.29, 1.82) is 0 Å². The third-order valence-corrected chi connectivity index (χ3v) is 7.46. The van der Waals surface area contributed by atoms with E-state index in [0.717, 1.165) is 35.1 Å². The Hall–Kier alpha value is -4.71. The van der Waals surface area contributed by atoms with Crippen LogP contribution < -0.4 is 0 Å². The van der Waals surface area contributed by atoms with Gasteiger partial charge in [-0.15, -0.1) is 0 Å². The van der Waals surface area contributed by atoms with Crippen LogP contribution in [0.15, 0.2) is 97.1 Å². The molecular formula is C37H38O6. The van der Waals surface area contributed by atoms with E-state index in [0.29, 0.717) is 12.0 Å². The van der Waals surface area contributed by atoms with Gasteiger partial charge in [-0.2, -0.15) is 0 Å². The van der Waals surface area contributed by atoms with E-state index in [4.69, 9.17) is 9.84 Å². The van der Waals surface area contributed by atoms with Crippen molar-refractivity contribution in [3.8, 4) is 11.1 Å². The minimum Gasteiger partial charge on any atom is -0.478 e. The maximum Gasteiger partial charge on any atom is 0.338 e. The zero-order chi connectivity index (χ0) is 31.2. The summed E-state index contributed by atoms with van der Waals surface area (Å²) in [5.74, 6) is -2.45. The highest BCUT2D eigenvalue weighted by atomic mass is 16.5. The molecule has 4 rings (SSSR count). The molecule has 43 heavy (non-hydrogen) atoms. The van der Waals surface area contributed by atoms with E-state index < -0.39 is 17.9 Å². The molecule has 0 aromatic heterocycles. The van der Waals surface area contributed by atoms with Gasteiger partial charge in [-0.25, -0.2) is 14.4 Å². The van der Waals surface area contributed by atoms with Crippen molar-refractivity contribution in [3.05, 3.63) is 130 Å². The second kappa shape index (κ2) is 13.1. The van der Waals surface area contributed by atoms with E-state index in [1.165, 1.54) is 29.8 Å². The van der Waals surface area contributed by atoms with Gasteiger partial charge in [0.25, 0.3) is 0 Å². The van der Waals surface area contributed by atoms with Crippen molar-refractivity contribution in [2.45, 2.75) is 47.0 Å². The van der Waals surface area contributed by atoms with Gasteiger partial charge in [0, 0.05) is 5.41 Å². The summed E-state index contributed by atoms with van der Waals surface area (Å²) in [6.45, 7) is 8.78. The number of rotatable bonds is 12. The first-order chi connectivity index (χ1) is 20.3. The van der Waals surface area contributed by atoms with Crippen LogP contribution in [0.3, 0.4) is 0 Å². The molecule has 0 saturated carbocycles. The Labute approximate surface area is 253 Å². The van der Waals surface area contributed by atoms with Crippen LogP contribution in [0, 0.1) is 10.8 Å². The SMILES string of the molecule is CC(C)(Cc1ccc(C(=O)O)cc1)Cc1ccc(CC(C)(C)COC(=O)c2ccc(C(=O)O)cc2)c(-c2ccccc2)c1. The molecule has 0 radical (unpaired) electrons. The second-order valence-electron chi connectivity index (χ2n) is 12.7. The first kappa shape index (κ1) is 31.2. The van der Waals surface area contributed by atoms with Crippen molar-refractivity contribution in [3.63, 3.8) is 0 Å². The van der Waals surface area contributed by atoms with E-state index in [1.807, 2.05) is 30.3 Å². The van der Waals surface area contributed by atoms with Crippen molar-refractivity contribution in [1.82, 2.24) is 0 Å². The molecule has 0 aliphatic rings. The predicted molar refractivity (Wildman–Crippen MR) is 168 cm³/mol. The van der Waals surface area contributed by atoms with Gasteiger partial charge in [0.15, 0.2) is 0 Å². The summed E-state index contributed by atoms with van der Waals surface area (Å²) in [6.07, 6.45) is 2.34. The Morgan fingerprint density at radius 1 is 0.605 bits per heavy atom. The van der Waals surface area contributed by atoms with Gasteiger partial charge in [0.1, 0.15) is 0 Å². The molecule has 0 fully saturated rings. The second-order valence-corrected chi connectivity index (χ2v) is 12.7. The Bertz CT molecular complexity index is 1580. The average molecular weight is 579 g/mol. The zero-order valence-corrected chi connectivity index (χ0v) is 25.1. The molecule has 0 unspecified atom stereocenters. The molecule has 0 aliphatic carbocycles. The third-order valence-electron chi connectivity index (χ3n) is 7.46. The number of carboxylic acids is 2. The monoisotopic (exact) mass is 578 g/mol. The summed E-state index contributed by atoms with van der Waals surface area (Å²) in [5.41, 5.74) is 6.03. The molecule has 0 spiro atoms. The number of esters is 1. The first-order valence-electron chi connectivity index (χ1n) is 14.3. The highest BCUT2D eigenvalue weighted by Crippen LogP contribution is 2.34. The third kappa shape index (κ3) is 8.65. The summed E-state index contributed by atoms with van der Waals surface area (Å²) in [6, 6.07) is 29.7. The van der Waals surface area contributed by atoms with E-state index in [2.05, 4.69) is 58.0 Å². The number of hydrogen-bond donors (Lipinski definition) is 2. The van der Waals surface area contributed by atoms with Crippen molar-refractivity contribution in [2.75, 3.05) is 6.61 Å². The topological polar surface area (TPSA) is 101 Å². The predicted octanol–water partition coefficient (Wildman–Crippen LogP) is 7.99. The minimum atomic E-state index is -1.04. The van der Waals surface area contributed by atoms with Crippen LogP contribution in [0.1, 0.15) is 75.5 Å². The molecule has 0 heterocycles. The molecular weight excluding hydrogens is 540 g/mol. The Morgan fingerprint density at radius 2 is 1.12 bits per heavy atom. The number of ether oxygens (including phenoxy) is 1. The molecule has 0 saturated heterocycles. The molecule has 0 bridgehead atoms. The fraction of sp³-hybridized carbons (Fsp3) is 0.270. The molecule has 6 heteroatoms. The van der Waals surface area contributed by atoms with Crippen molar-refractivity contribution < 1.29 is 29.3 Å². The zero-order valence-electron chi connectivity index (χ0n) is 25.1. The molecule has 0 amide bonds. The lowest BCUT2D eigenvalue weighted by Crippen LogP contribution is -2.25. The fourth-order valence-electron chi connectivity index (χ4n) is 5.37. The van der Waals surface area contributed by atoms with Crippen LogP contribution in [0.5, 0.6) is 0 Å². The van der Waals surface area contributed by atoms with Crippen LogP contribution in [0.25, 0.3) is 11.1 Å². The molecule has 222 valence electrons. The summed E-state index contributed by atoms with van der Waals surface area (Å²) < 4.78 is 5.66. The fourth-order valence-corrected chi connectivity index (χ4v) is 5.37. The van der Waals surface area contributed by atoms with Gasteiger partial charge < -0.3 is 14.9 Å². The van der Waals surface area contributed by atoms with Gasteiger partial charge in [-0.3, -0.25) is 0 Å². The standard InChI is InChI=1S/C37H38O6/c1-36(2,21-25-10-13-28(14-11-25)33(38)39)22-26-12-15-31(32(20-26)27-8-6-5-7-9-27)23-37(3,4)24-43-35(42)30-18-16-29(17-19-30)34(40)41/h5-20H,21-24H2,1-4H3,(H,38,39)(H,40,41). The maximum absolute atomic E-state index is 12.7. The number of carbonyl (C=O) groups excluding carboxylic acids is 1. The van der Waals surface area contributed by atoms with Gasteiger partial charge in [0.2, 0.25) is 0 Å². The quantitative estimate of drug-likeness (QED) is 0.165. The highest BCUT2D eigenvalue weighted by molar-refractivity contribution is 5.92. The lowest BCUT2D eigenvalue weighted by Gasteiger charge is -2.28. The summed E-state index contributed by atoms with van der Waals surface area (Å²) in [7, 11) is 0. The Kier molecular flexibility index (Phi) is 9.50. The van der Waals surface area contributed by atoms with E-state index >= 15 is 0 Å². The normalized spacial score (nSPS) is 11.6. The Balaban J connectivity index is 1.50. The lowest BCUT2D eigenvalue weighted by atomic mass is 9.78. The van der Waals surface area contributed by atoms with Crippen LogP contribution in [-0.4, -0.2) is 34.7 Å². The average Bonchev–Trinajstić information content (AvgIpc) is 2.97. The van der Waals surface area contributed by atoms with E-state index in [-0.39, 0.29) is 28.6 Å². The minimum absolute atomic E-state index is 0.0592. The van der Waals surface area contributed by atoms with Crippen molar-refractivity contribution in [2.24, 2.45) is 10.8 Å². The van der Waals surface area contributed by atoms with Gasteiger partial charge >= 0.3 is 17.9 Å². The van der Waals surface area contributed by atoms with Gasteiger partial charge in [-0.1, -0.05) is 88.4 Å². The Morgan fingerprint density at radius 3 is 1.70 bits per heavy atom. The number of aromatic carboxylic acids is 2. The maximum atomic E-state index is 12.7. The van der Waals surface area contributed by atoms with Gasteiger partial charge in [-0.05, 0) is 88.9 Å². The van der Waals surface area contributed by atoms with Crippen molar-refractivity contribution >= 4 is 17.9 Å². The molecule has 4 aromatic carbocycles. The molecule has 4 aromatic rings. The molecule has 6 nitrogen and oxygen atoms in total. The smallest absolute Gasteiger partial charge is 0.338 e. The number of carbonyl (C=O) groups is 3. The van der Waals surface area contributed by atoms with Crippen LogP contribution in [0.4, 0.5) is 0 Å².